The molecule has 3 heteroatoms. The van der Waals surface area contributed by atoms with Gasteiger partial charge in [0.1, 0.15) is 0 Å². The summed E-state index contributed by atoms with van der Waals surface area (Å²) in [4.78, 5) is 0. The van der Waals surface area contributed by atoms with Crippen molar-refractivity contribution in [1.82, 2.24) is 5.32 Å². The van der Waals surface area contributed by atoms with E-state index in [1.165, 1.54) is 44.9 Å². The second-order valence-corrected chi connectivity index (χ2v) is 5.31. The highest BCUT2D eigenvalue weighted by Crippen LogP contribution is 2.29. The SMILES string of the molecule is CCC1CCCCC1OCCCCNCCOC. The van der Waals surface area contributed by atoms with Gasteiger partial charge in [-0.25, -0.2) is 0 Å². The van der Waals surface area contributed by atoms with Crippen molar-refractivity contribution >= 4 is 0 Å². The first-order chi connectivity index (χ1) is 8.88. The molecule has 0 amide bonds. The molecule has 0 radical (unpaired) electrons. The molecular formula is C15H31NO2. The predicted molar refractivity (Wildman–Crippen MR) is 76.0 cm³/mol. The maximum absolute atomic E-state index is 6.06. The van der Waals surface area contributed by atoms with Gasteiger partial charge >= 0.3 is 0 Å². The molecule has 1 saturated carbocycles. The summed E-state index contributed by atoms with van der Waals surface area (Å²) in [5, 5.41) is 3.36. The van der Waals surface area contributed by atoms with Crippen LogP contribution in [0.25, 0.3) is 0 Å². The lowest BCUT2D eigenvalue weighted by Crippen LogP contribution is -2.28. The van der Waals surface area contributed by atoms with Crippen molar-refractivity contribution in [2.24, 2.45) is 5.92 Å². The van der Waals surface area contributed by atoms with Crippen LogP contribution in [0.15, 0.2) is 0 Å². The van der Waals surface area contributed by atoms with Crippen molar-refractivity contribution < 1.29 is 9.47 Å². The molecule has 0 heterocycles. The lowest BCUT2D eigenvalue weighted by molar-refractivity contribution is -0.0133. The molecule has 2 unspecified atom stereocenters. The highest BCUT2D eigenvalue weighted by atomic mass is 16.5. The number of hydrogen-bond donors (Lipinski definition) is 1. The molecule has 1 rings (SSSR count). The van der Waals surface area contributed by atoms with Crippen LogP contribution in [0.2, 0.25) is 0 Å². The van der Waals surface area contributed by atoms with Gasteiger partial charge in [0.15, 0.2) is 0 Å². The normalized spacial score (nSPS) is 24.3. The van der Waals surface area contributed by atoms with Crippen molar-refractivity contribution in [1.29, 1.82) is 0 Å². The number of hydrogen-bond acceptors (Lipinski definition) is 3. The zero-order chi connectivity index (χ0) is 13.1. The highest BCUT2D eigenvalue weighted by Gasteiger charge is 2.23. The molecule has 18 heavy (non-hydrogen) atoms. The van der Waals surface area contributed by atoms with Gasteiger partial charge in [-0.15, -0.1) is 0 Å². The Morgan fingerprint density at radius 2 is 1.89 bits per heavy atom. The molecule has 3 nitrogen and oxygen atoms in total. The Labute approximate surface area is 113 Å². The maximum Gasteiger partial charge on any atom is 0.0603 e. The van der Waals surface area contributed by atoms with E-state index < -0.39 is 0 Å². The van der Waals surface area contributed by atoms with Gasteiger partial charge in [0.25, 0.3) is 0 Å². The summed E-state index contributed by atoms with van der Waals surface area (Å²) < 4.78 is 11.0. The number of methoxy groups -OCH3 is 1. The minimum Gasteiger partial charge on any atom is -0.383 e. The fourth-order valence-electron chi connectivity index (χ4n) is 2.75. The van der Waals surface area contributed by atoms with Gasteiger partial charge in [-0.3, -0.25) is 0 Å². The van der Waals surface area contributed by atoms with E-state index in [2.05, 4.69) is 12.2 Å². The first-order valence-electron chi connectivity index (χ1n) is 7.69. The van der Waals surface area contributed by atoms with Crippen LogP contribution < -0.4 is 5.32 Å². The minimum absolute atomic E-state index is 0.546. The largest absolute Gasteiger partial charge is 0.383 e. The summed E-state index contributed by atoms with van der Waals surface area (Å²) in [6.45, 7) is 6.07. The molecule has 1 fully saturated rings. The molecule has 108 valence electrons. The average molecular weight is 257 g/mol. The van der Waals surface area contributed by atoms with E-state index in [4.69, 9.17) is 9.47 Å². The molecule has 2 atom stereocenters. The Hall–Kier alpha value is -0.120. The van der Waals surface area contributed by atoms with Crippen LogP contribution in [0.3, 0.4) is 0 Å². The Bertz CT molecular complexity index is 187. The molecule has 0 spiro atoms. The third-order valence-electron chi connectivity index (χ3n) is 3.93. The van der Waals surface area contributed by atoms with Gasteiger partial charge in [0.2, 0.25) is 0 Å². The summed E-state index contributed by atoms with van der Waals surface area (Å²) >= 11 is 0. The fourth-order valence-corrected chi connectivity index (χ4v) is 2.75. The quantitative estimate of drug-likeness (QED) is 0.610. The van der Waals surface area contributed by atoms with Crippen molar-refractivity contribution in [2.75, 3.05) is 33.4 Å². The van der Waals surface area contributed by atoms with Gasteiger partial charge < -0.3 is 14.8 Å². The maximum atomic E-state index is 6.06. The summed E-state index contributed by atoms with van der Waals surface area (Å²) in [6, 6.07) is 0. The predicted octanol–water partition coefficient (Wildman–Crippen LogP) is 2.99. The van der Waals surface area contributed by atoms with Crippen LogP contribution in [0.5, 0.6) is 0 Å². The van der Waals surface area contributed by atoms with Gasteiger partial charge in [0.05, 0.1) is 12.7 Å². The molecule has 0 aromatic carbocycles. The van der Waals surface area contributed by atoms with Crippen LogP contribution >= 0.6 is 0 Å². The Balaban J connectivity index is 1.93. The van der Waals surface area contributed by atoms with E-state index in [0.717, 1.165) is 32.2 Å². The van der Waals surface area contributed by atoms with Gasteiger partial charge in [-0.2, -0.15) is 0 Å². The van der Waals surface area contributed by atoms with E-state index in [1.54, 1.807) is 7.11 Å². The molecule has 0 bridgehead atoms. The van der Waals surface area contributed by atoms with E-state index >= 15 is 0 Å². The van der Waals surface area contributed by atoms with Gasteiger partial charge in [-0.1, -0.05) is 26.2 Å². The Morgan fingerprint density at radius 1 is 1.06 bits per heavy atom. The van der Waals surface area contributed by atoms with Crippen molar-refractivity contribution in [3.05, 3.63) is 0 Å². The molecule has 0 saturated heterocycles. The lowest BCUT2D eigenvalue weighted by Gasteiger charge is -2.30. The molecule has 0 aromatic rings. The zero-order valence-corrected chi connectivity index (χ0v) is 12.2. The van der Waals surface area contributed by atoms with Crippen LogP contribution in [0.4, 0.5) is 0 Å². The highest BCUT2D eigenvalue weighted by molar-refractivity contribution is 4.74. The summed E-state index contributed by atoms with van der Waals surface area (Å²) in [7, 11) is 1.74. The van der Waals surface area contributed by atoms with E-state index in [-0.39, 0.29) is 0 Å². The van der Waals surface area contributed by atoms with Crippen molar-refractivity contribution in [2.45, 2.75) is 58.0 Å². The molecular weight excluding hydrogens is 226 g/mol. The van der Waals surface area contributed by atoms with Gasteiger partial charge in [0, 0.05) is 20.3 Å². The smallest absolute Gasteiger partial charge is 0.0603 e. The number of ether oxygens (including phenoxy) is 2. The van der Waals surface area contributed by atoms with Crippen LogP contribution in [-0.4, -0.2) is 39.5 Å². The minimum atomic E-state index is 0.546. The summed E-state index contributed by atoms with van der Waals surface area (Å²) in [6.07, 6.45) is 9.63. The topological polar surface area (TPSA) is 30.5 Å². The summed E-state index contributed by atoms with van der Waals surface area (Å²) in [5.74, 6) is 0.818. The molecule has 1 aliphatic rings. The van der Waals surface area contributed by atoms with Crippen molar-refractivity contribution in [3.63, 3.8) is 0 Å². The van der Waals surface area contributed by atoms with E-state index in [0.29, 0.717) is 6.10 Å². The number of unbranched alkanes of at least 4 members (excludes halogenated alkanes) is 1. The molecule has 1 aliphatic carbocycles. The molecule has 1 N–H and O–H groups in total. The van der Waals surface area contributed by atoms with Crippen LogP contribution in [0.1, 0.15) is 51.9 Å². The Morgan fingerprint density at radius 3 is 2.67 bits per heavy atom. The van der Waals surface area contributed by atoms with Crippen LogP contribution in [-0.2, 0) is 9.47 Å². The first-order valence-corrected chi connectivity index (χ1v) is 7.69. The lowest BCUT2D eigenvalue weighted by atomic mass is 9.85. The number of rotatable bonds is 10. The fraction of sp³-hybridized carbons (Fsp3) is 1.00. The standard InChI is InChI=1S/C15H31NO2/c1-3-14-8-4-5-9-15(14)18-12-7-6-10-16-11-13-17-2/h14-16H,3-13H2,1-2H3. The van der Waals surface area contributed by atoms with Crippen LogP contribution in [0, 0.1) is 5.92 Å². The third-order valence-corrected chi connectivity index (χ3v) is 3.93. The second-order valence-electron chi connectivity index (χ2n) is 5.31. The average Bonchev–Trinajstić information content (AvgIpc) is 2.42. The van der Waals surface area contributed by atoms with Gasteiger partial charge in [-0.05, 0) is 38.1 Å². The monoisotopic (exact) mass is 257 g/mol. The second kappa shape index (κ2) is 10.8. The zero-order valence-electron chi connectivity index (χ0n) is 12.2. The molecule has 0 aliphatic heterocycles. The third kappa shape index (κ3) is 6.72. The van der Waals surface area contributed by atoms with E-state index in [1.807, 2.05) is 0 Å². The first kappa shape index (κ1) is 15.9. The van der Waals surface area contributed by atoms with E-state index in [9.17, 15) is 0 Å². The molecule has 0 aromatic heterocycles. The number of nitrogens with one attached hydrogen (secondary N) is 1. The Kier molecular flexibility index (Phi) is 9.54. The summed E-state index contributed by atoms with van der Waals surface area (Å²) in [5.41, 5.74) is 0. The van der Waals surface area contributed by atoms with Crippen molar-refractivity contribution in [3.8, 4) is 0 Å².